The number of hydrogen-bond donors (Lipinski definition) is 1. The number of carboxylic acids is 1. The van der Waals surface area contributed by atoms with Gasteiger partial charge in [-0.1, -0.05) is 31.4 Å². The number of likely N-dealkylation sites (tertiary alicyclic amines) is 1. The molecule has 8 heteroatoms. The van der Waals surface area contributed by atoms with E-state index in [1.54, 1.807) is 19.1 Å². The molecule has 0 spiro atoms. The van der Waals surface area contributed by atoms with Crippen LogP contribution in [0, 0.1) is 5.92 Å². The van der Waals surface area contributed by atoms with Crippen LogP contribution in [0.1, 0.15) is 68.3 Å². The number of para-hydroxylation sites is 2. The second kappa shape index (κ2) is 12.3. The molecule has 0 unspecified atom stereocenters. The van der Waals surface area contributed by atoms with Gasteiger partial charge in [-0.15, -0.1) is 0 Å². The van der Waals surface area contributed by atoms with E-state index in [-0.39, 0.29) is 11.5 Å². The van der Waals surface area contributed by atoms with Crippen molar-refractivity contribution < 1.29 is 24.2 Å². The zero-order valence-electron chi connectivity index (χ0n) is 24.0. The maximum atomic E-state index is 11.6. The van der Waals surface area contributed by atoms with Gasteiger partial charge in [0.2, 0.25) is 5.91 Å². The van der Waals surface area contributed by atoms with Crippen molar-refractivity contribution in [2.75, 3.05) is 19.7 Å². The highest BCUT2D eigenvalue weighted by molar-refractivity contribution is 5.93. The zero-order chi connectivity index (χ0) is 29.1. The molecule has 2 fully saturated rings. The van der Waals surface area contributed by atoms with E-state index in [9.17, 15) is 14.7 Å². The summed E-state index contributed by atoms with van der Waals surface area (Å²) in [4.78, 5) is 30.1. The number of piperidine rings is 1. The third-order valence-electron chi connectivity index (χ3n) is 8.60. The van der Waals surface area contributed by atoms with Gasteiger partial charge in [-0.3, -0.25) is 4.79 Å². The quantitative estimate of drug-likeness (QED) is 0.239. The number of carbonyl (C=O) groups is 2. The number of carboxylic acid groups (broad SMARTS) is 1. The molecule has 1 aromatic heterocycles. The average molecular weight is 568 g/mol. The lowest BCUT2D eigenvalue weighted by Crippen LogP contribution is -2.38. The Labute approximate surface area is 245 Å². The molecule has 0 bridgehead atoms. The van der Waals surface area contributed by atoms with Gasteiger partial charge >= 0.3 is 5.97 Å². The van der Waals surface area contributed by atoms with E-state index in [2.05, 4.69) is 4.57 Å². The van der Waals surface area contributed by atoms with E-state index in [1.807, 2.05) is 59.5 Å². The molecule has 0 atom stereocenters. The monoisotopic (exact) mass is 567 g/mol. The van der Waals surface area contributed by atoms with E-state index in [1.165, 1.54) is 19.3 Å². The first-order valence-corrected chi connectivity index (χ1v) is 15.0. The van der Waals surface area contributed by atoms with Crippen LogP contribution >= 0.6 is 0 Å². The molecule has 1 saturated heterocycles. The van der Waals surface area contributed by atoms with Crippen LogP contribution in [-0.2, 0) is 4.79 Å². The summed E-state index contributed by atoms with van der Waals surface area (Å²) < 4.78 is 14.8. The number of ether oxygens (including phenoxy) is 2. The summed E-state index contributed by atoms with van der Waals surface area (Å²) >= 11 is 0. The zero-order valence-corrected chi connectivity index (χ0v) is 24.0. The number of aromatic carboxylic acids is 1. The molecule has 8 nitrogen and oxygen atoms in total. The number of imidazole rings is 1. The minimum Gasteiger partial charge on any atom is -0.489 e. The number of hydrogen-bond acceptors (Lipinski definition) is 5. The Hall–Kier alpha value is -4.33. The van der Waals surface area contributed by atoms with Gasteiger partial charge in [0.25, 0.3) is 0 Å². The van der Waals surface area contributed by atoms with Crippen LogP contribution in [0.15, 0.2) is 66.7 Å². The lowest BCUT2D eigenvalue weighted by Gasteiger charge is -2.31. The first-order valence-electron chi connectivity index (χ1n) is 15.0. The van der Waals surface area contributed by atoms with Crippen LogP contribution in [0.2, 0.25) is 0 Å². The summed E-state index contributed by atoms with van der Waals surface area (Å²) in [5, 5.41) is 9.51. The Morgan fingerprint density at radius 3 is 2.31 bits per heavy atom. The van der Waals surface area contributed by atoms with E-state index in [0.717, 1.165) is 55.7 Å². The van der Waals surface area contributed by atoms with Gasteiger partial charge in [-0.2, -0.15) is 0 Å². The number of rotatable bonds is 8. The van der Waals surface area contributed by atoms with Crippen molar-refractivity contribution in [3.05, 3.63) is 72.3 Å². The van der Waals surface area contributed by atoms with Gasteiger partial charge < -0.3 is 24.0 Å². The van der Waals surface area contributed by atoms with E-state index < -0.39 is 5.97 Å². The highest BCUT2D eigenvalue weighted by Gasteiger charge is 2.24. The fourth-order valence-corrected chi connectivity index (χ4v) is 6.22. The molecule has 0 radical (unpaired) electrons. The molecule has 4 aromatic rings. The predicted molar refractivity (Wildman–Crippen MR) is 161 cm³/mol. The van der Waals surface area contributed by atoms with Crippen molar-refractivity contribution >= 4 is 22.9 Å². The lowest BCUT2D eigenvalue weighted by molar-refractivity contribution is -0.130. The highest BCUT2D eigenvalue weighted by atomic mass is 16.5. The fraction of sp³-hybridized carbons (Fsp3) is 0.382. The maximum Gasteiger partial charge on any atom is 0.335 e. The smallest absolute Gasteiger partial charge is 0.335 e. The van der Waals surface area contributed by atoms with Gasteiger partial charge in [-0.05, 0) is 86.2 Å². The first kappa shape index (κ1) is 27.8. The number of amides is 1. The van der Waals surface area contributed by atoms with Gasteiger partial charge in [0.1, 0.15) is 11.6 Å². The van der Waals surface area contributed by atoms with E-state index in [0.29, 0.717) is 41.3 Å². The van der Waals surface area contributed by atoms with Crippen LogP contribution in [0.3, 0.4) is 0 Å². The molecular weight excluding hydrogens is 530 g/mol. The highest BCUT2D eigenvalue weighted by Crippen LogP contribution is 2.38. The summed E-state index contributed by atoms with van der Waals surface area (Å²) in [5.74, 6) is 2.49. The first-order chi connectivity index (χ1) is 20.5. The number of nitrogens with zero attached hydrogens (tertiary/aromatic N) is 3. The molecule has 1 aliphatic carbocycles. The molecule has 2 aliphatic rings. The molecular formula is C34H37N3O5. The van der Waals surface area contributed by atoms with Crippen molar-refractivity contribution in [1.29, 1.82) is 0 Å². The summed E-state index contributed by atoms with van der Waals surface area (Å²) in [6.07, 6.45) is 7.67. The summed E-state index contributed by atoms with van der Waals surface area (Å²) in [5.41, 5.74) is 2.88. The van der Waals surface area contributed by atoms with Gasteiger partial charge in [0, 0.05) is 31.6 Å². The lowest BCUT2D eigenvalue weighted by atomic mass is 9.95. The Morgan fingerprint density at radius 2 is 1.62 bits per heavy atom. The van der Waals surface area contributed by atoms with Gasteiger partial charge in [-0.25, -0.2) is 9.78 Å². The van der Waals surface area contributed by atoms with E-state index >= 15 is 0 Å². The van der Waals surface area contributed by atoms with Crippen LogP contribution in [0.5, 0.6) is 17.2 Å². The predicted octanol–water partition coefficient (Wildman–Crippen LogP) is 7.34. The third-order valence-corrected chi connectivity index (χ3v) is 8.60. The Morgan fingerprint density at radius 1 is 0.905 bits per heavy atom. The van der Waals surface area contributed by atoms with Gasteiger partial charge in [0.15, 0.2) is 11.5 Å². The third kappa shape index (κ3) is 5.98. The second-order valence-corrected chi connectivity index (χ2v) is 11.4. The normalized spacial score (nSPS) is 16.5. The van der Waals surface area contributed by atoms with Crippen molar-refractivity contribution in [1.82, 2.24) is 14.5 Å². The molecule has 42 heavy (non-hydrogen) atoms. The minimum absolute atomic E-state index is 0.137. The van der Waals surface area contributed by atoms with Crippen LogP contribution in [0.4, 0.5) is 0 Å². The van der Waals surface area contributed by atoms with Crippen LogP contribution in [-0.4, -0.2) is 51.1 Å². The molecule has 1 saturated carbocycles. The maximum absolute atomic E-state index is 11.6. The molecule has 2 heterocycles. The molecule has 1 N–H and O–H groups in total. The van der Waals surface area contributed by atoms with Crippen molar-refractivity contribution in [3.8, 4) is 28.6 Å². The Balaban J connectivity index is 1.20. The summed E-state index contributed by atoms with van der Waals surface area (Å²) in [6.45, 7) is 3.78. The minimum atomic E-state index is -0.949. The number of fused-ring (bicyclic) bond motifs is 1. The topological polar surface area (TPSA) is 93.9 Å². The molecule has 1 amide bonds. The van der Waals surface area contributed by atoms with Crippen LogP contribution in [0.25, 0.3) is 22.4 Å². The van der Waals surface area contributed by atoms with Crippen molar-refractivity contribution in [2.24, 2.45) is 5.92 Å². The summed E-state index contributed by atoms with van der Waals surface area (Å²) in [7, 11) is 0. The number of benzene rings is 3. The number of aromatic nitrogens is 2. The fourth-order valence-electron chi connectivity index (χ4n) is 6.22. The van der Waals surface area contributed by atoms with Gasteiger partial charge in [0.05, 0.1) is 23.2 Å². The molecule has 6 rings (SSSR count). The average Bonchev–Trinajstić information content (AvgIpc) is 3.40. The second-order valence-electron chi connectivity index (χ2n) is 11.4. The van der Waals surface area contributed by atoms with Crippen molar-refractivity contribution in [2.45, 2.75) is 57.9 Å². The Bertz CT molecular complexity index is 1560. The van der Waals surface area contributed by atoms with Crippen molar-refractivity contribution in [3.63, 3.8) is 0 Å². The Kier molecular flexibility index (Phi) is 8.13. The molecule has 1 aliphatic heterocycles. The largest absolute Gasteiger partial charge is 0.489 e. The van der Waals surface area contributed by atoms with E-state index in [4.69, 9.17) is 14.5 Å². The molecule has 3 aromatic carbocycles. The number of carbonyl (C=O) groups excluding carboxylic acids is 1. The SMILES string of the molecule is CC(=O)N1CCC(COc2ccccc2Oc2ccc(-c3nc4cc(C(=O)O)ccc4n3C3CCCCC3)cc2)CC1. The summed E-state index contributed by atoms with van der Waals surface area (Å²) in [6, 6.07) is 21.2. The standard InChI is InChI=1S/C34H37N3O5/c1-23(38)36-19-17-24(18-20-36)22-41-31-9-5-6-10-32(31)42-28-14-11-25(12-15-28)33-35-29-21-26(34(39)40)13-16-30(29)37(33)27-7-3-2-4-8-27/h5-6,9-16,21,24,27H,2-4,7-8,17-20,22H2,1H3,(H,39,40). The molecule has 218 valence electrons. The van der Waals surface area contributed by atoms with Crippen LogP contribution < -0.4 is 9.47 Å².